The van der Waals surface area contributed by atoms with Crippen LogP contribution in [0.15, 0.2) is 133 Å². The molecule has 208 valence electrons. The topological polar surface area (TPSA) is 8.17 Å². The number of hydrogen-bond donors (Lipinski definition) is 0. The number of aromatic nitrogens is 1. The minimum absolute atomic E-state index is 0.00418. The molecule has 1 aromatic heterocycles. The average molecular weight is 555 g/mol. The van der Waals surface area contributed by atoms with Gasteiger partial charge in [0.05, 0.1) is 0 Å². The lowest BCUT2D eigenvalue weighted by Gasteiger charge is -2.25. The number of fused-ring (bicyclic) bond motifs is 6. The van der Waals surface area contributed by atoms with Gasteiger partial charge in [-0.3, -0.25) is 0 Å². The van der Waals surface area contributed by atoms with Crippen LogP contribution >= 0.6 is 0 Å². The van der Waals surface area contributed by atoms with Crippen molar-refractivity contribution in [3.8, 4) is 33.4 Å². The molecule has 0 saturated carbocycles. The van der Waals surface area contributed by atoms with E-state index in [9.17, 15) is 0 Å². The van der Waals surface area contributed by atoms with Crippen LogP contribution in [-0.2, 0) is 12.5 Å². The van der Waals surface area contributed by atoms with Crippen LogP contribution in [-0.4, -0.2) is 11.6 Å². The smallest absolute Gasteiger partial charge is 0.0489 e. The van der Waals surface area contributed by atoms with Gasteiger partial charge >= 0.3 is 0 Å². The number of anilines is 2. The van der Waals surface area contributed by atoms with Gasteiger partial charge in [-0.25, -0.2) is 0 Å². The summed E-state index contributed by atoms with van der Waals surface area (Å²) >= 11 is 0. The van der Waals surface area contributed by atoms with Gasteiger partial charge in [-0.15, -0.1) is 0 Å². The predicted octanol–water partition coefficient (Wildman–Crippen LogP) is 10.7. The van der Waals surface area contributed by atoms with E-state index in [0.717, 1.165) is 0 Å². The summed E-state index contributed by atoms with van der Waals surface area (Å²) < 4.78 is 2.28. The molecule has 0 atom stereocenters. The van der Waals surface area contributed by atoms with Gasteiger partial charge in [0.25, 0.3) is 0 Å². The van der Waals surface area contributed by atoms with E-state index in [0.29, 0.717) is 0 Å². The zero-order chi connectivity index (χ0) is 29.3. The SMILES string of the molecule is CN(c1ccc(-c2cccc(-c3ccc4c(c3)c3ccccc3n4C)c2)cc1)c1ccc2c(c1)C(C)(C)c1ccccc1-2. The van der Waals surface area contributed by atoms with Gasteiger partial charge in [0.1, 0.15) is 0 Å². The van der Waals surface area contributed by atoms with Crippen molar-refractivity contribution in [2.24, 2.45) is 7.05 Å². The Morgan fingerprint density at radius 1 is 0.488 bits per heavy atom. The molecule has 1 aliphatic carbocycles. The zero-order valence-electron chi connectivity index (χ0n) is 25.1. The van der Waals surface area contributed by atoms with Gasteiger partial charge in [0.2, 0.25) is 0 Å². The minimum atomic E-state index is -0.00418. The maximum Gasteiger partial charge on any atom is 0.0489 e. The Hall–Kier alpha value is -5.08. The summed E-state index contributed by atoms with van der Waals surface area (Å²) in [6.45, 7) is 4.68. The fourth-order valence-corrected chi connectivity index (χ4v) is 7.15. The third-order valence-electron chi connectivity index (χ3n) is 9.65. The van der Waals surface area contributed by atoms with Crippen LogP contribution in [0.3, 0.4) is 0 Å². The van der Waals surface area contributed by atoms with E-state index in [4.69, 9.17) is 0 Å². The maximum absolute atomic E-state index is 2.37. The Morgan fingerprint density at radius 3 is 1.95 bits per heavy atom. The molecule has 0 unspecified atom stereocenters. The molecule has 0 saturated heterocycles. The molecule has 2 nitrogen and oxygen atoms in total. The zero-order valence-corrected chi connectivity index (χ0v) is 25.1. The van der Waals surface area contributed by atoms with E-state index in [2.05, 4.69) is 171 Å². The van der Waals surface area contributed by atoms with Crippen LogP contribution in [0.5, 0.6) is 0 Å². The maximum atomic E-state index is 2.37. The third kappa shape index (κ3) is 3.94. The molecular formula is C41H34N2. The molecule has 0 aliphatic heterocycles. The van der Waals surface area contributed by atoms with Gasteiger partial charge in [0.15, 0.2) is 0 Å². The molecule has 0 N–H and O–H groups in total. The van der Waals surface area contributed by atoms with Gasteiger partial charge in [-0.05, 0) is 93.0 Å². The summed E-state index contributed by atoms with van der Waals surface area (Å²) in [4.78, 5) is 2.29. The van der Waals surface area contributed by atoms with Crippen molar-refractivity contribution in [3.63, 3.8) is 0 Å². The van der Waals surface area contributed by atoms with E-state index in [1.165, 1.54) is 77.7 Å². The van der Waals surface area contributed by atoms with E-state index in [-0.39, 0.29) is 5.41 Å². The Labute approximate surface area is 253 Å². The van der Waals surface area contributed by atoms with Crippen molar-refractivity contribution >= 4 is 33.2 Å². The van der Waals surface area contributed by atoms with Crippen molar-refractivity contribution in [2.45, 2.75) is 19.3 Å². The predicted molar refractivity (Wildman–Crippen MR) is 183 cm³/mol. The van der Waals surface area contributed by atoms with Crippen molar-refractivity contribution in [2.75, 3.05) is 11.9 Å². The lowest BCUT2D eigenvalue weighted by Crippen LogP contribution is -2.16. The first-order chi connectivity index (χ1) is 20.9. The van der Waals surface area contributed by atoms with E-state index >= 15 is 0 Å². The second-order valence-corrected chi connectivity index (χ2v) is 12.4. The fraction of sp³-hybridized carbons (Fsp3) is 0.122. The summed E-state index contributed by atoms with van der Waals surface area (Å²) in [6.07, 6.45) is 0. The normalized spacial score (nSPS) is 13.3. The summed E-state index contributed by atoms with van der Waals surface area (Å²) in [5.74, 6) is 0. The number of benzene rings is 6. The average Bonchev–Trinajstić information content (AvgIpc) is 3.47. The van der Waals surface area contributed by atoms with Gasteiger partial charge < -0.3 is 9.47 Å². The number of aryl methyl sites for hydroxylation is 1. The quantitative estimate of drug-likeness (QED) is 0.210. The van der Waals surface area contributed by atoms with Crippen LogP contribution in [0.25, 0.3) is 55.2 Å². The first-order valence-electron chi connectivity index (χ1n) is 15.1. The molecular weight excluding hydrogens is 520 g/mol. The second-order valence-electron chi connectivity index (χ2n) is 12.4. The Morgan fingerprint density at radius 2 is 1.12 bits per heavy atom. The molecule has 8 rings (SSSR count). The minimum Gasteiger partial charge on any atom is -0.345 e. The molecule has 0 spiro atoms. The highest BCUT2D eigenvalue weighted by Gasteiger charge is 2.35. The summed E-state index contributed by atoms with van der Waals surface area (Å²) in [6, 6.07) is 49.1. The van der Waals surface area contributed by atoms with Gasteiger partial charge in [-0.2, -0.15) is 0 Å². The van der Waals surface area contributed by atoms with Crippen LogP contribution in [0.2, 0.25) is 0 Å². The second kappa shape index (κ2) is 9.47. The molecule has 43 heavy (non-hydrogen) atoms. The number of nitrogens with zero attached hydrogens (tertiary/aromatic N) is 2. The Kier molecular flexibility index (Phi) is 5.64. The highest BCUT2D eigenvalue weighted by molar-refractivity contribution is 6.09. The van der Waals surface area contributed by atoms with Crippen molar-refractivity contribution in [3.05, 3.63) is 145 Å². The molecule has 1 aliphatic rings. The van der Waals surface area contributed by atoms with Crippen molar-refractivity contribution < 1.29 is 0 Å². The third-order valence-corrected chi connectivity index (χ3v) is 9.65. The fourth-order valence-electron chi connectivity index (χ4n) is 7.15. The molecule has 7 aromatic rings. The molecule has 0 radical (unpaired) electrons. The summed E-state index contributed by atoms with van der Waals surface area (Å²) in [7, 11) is 4.31. The van der Waals surface area contributed by atoms with Gasteiger partial charge in [-0.1, -0.05) is 98.8 Å². The van der Waals surface area contributed by atoms with Crippen molar-refractivity contribution in [1.29, 1.82) is 0 Å². The number of rotatable bonds is 4. The first-order valence-corrected chi connectivity index (χ1v) is 15.1. The van der Waals surface area contributed by atoms with Crippen molar-refractivity contribution in [1.82, 2.24) is 4.57 Å². The van der Waals surface area contributed by atoms with Gasteiger partial charge in [0, 0.05) is 52.7 Å². The molecule has 0 bridgehead atoms. The van der Waals surface area contributed by atoms with E-state index in [1.54, 1.807) is 0 Å². The van der Waals surface area contributed by atoms with Crippen LogP contribution in [0, 0.1) is 0 Å². The Bertz CT molecular complexity index is 2180. The molecule has 1 heterocycles. The van der Waals surface area contributed by atoms with Crippen LogP contribution in [0.1, 0.15) is 25.0 Å². The van der Waals surface area contributed by atoms with Crippen LogP contribution in [0.4, 0.5) is 11.4 Å². The standard InChI is InChI=1S/C41H34N2/c1-41(2)37-14-7-5-12-33(37)34-22-21-32(26-38(34)41)42(3)31-19-16-27(17-20-31)28-10-9-11-29(24-28)30-18-23-40-36(25-30)35-13-6-8-15-39(35)43(40)4/h5-26H,1-4H3. The number of hydrogen-bond acceptors (Lipinski definition) is 1. The summed E-state index contributed by atoms with van der Waals surface area (Å²) in [5.41, 5.74) is 15.3. The highest BCUT2D eigenvalue weighted by Crippen LogP contribution is 2.49. The van der Waals surface area contributed by atoms with E-state index < -0.39 is 0 Å². The monoisotopic (exact) mass is 554 g/mol. The molecule has 0 amide bonds. The lowest BCUT2D eigenvalue weighted by molar-refractivity contribution is 0.660. The Balaban J connectivity index is 1.09. The van der Waals surface area contributed by atoms with Crippen LogP contribution < -0.4 is 4.90 Å². The largest absolute Gasteiger partial charge is 0.345 e. The molecule has 6 aromatic carbocycles. The first kappa shape index (κ1) is 25.6. The highest BCUT2D eigenvalue weighted by atomic mass is 15.1. The molecule has 2 heteroatoms. The number of para-hydroxylation sites is 1. The molecule has 0 fully saturated rings. The summed E-state index contributed by atoms with van der Waals surface area (Å²) in [5, 5.41) is 2.60. The lowest BCUT2D eigenvalue weighted by atomic mass is 9.82. The van der Waals surface area contributed by atoms with E-state index in [1.807, 2.05) is 0 Å².